The highest BCUT2D eigenvalue weighted by Gasteiger charge is 2.07. The van der Waals surface area contributed by atoms with Crippen molar-refractivity contribution in [3.05, 3.63) is 52.0 Å². The molecule has 0 aliphatic rings. The molecule has 0 atom stereocenters. The summed E-state index contributed by atoms with van der Waals surface area (Å²) in [6, 6.07) is 8.30. The average molecular weight is 430 g/mol. The molecule has 0 amide bonds. The summed E-state index contributed by atoms with van der Waals surface area (Å²) in [4.78, 5) is 12.3. The van der Waals surface area contributed by atoms with E-state index in [1.54, 1.807) is 11.3 Å². The first-order valence-corrected chi connectivity index (χ1v) is 7.93. The lowest BCUT2D eigenvalue weighted by Crippen LogP contribution is -2.39. The summed E-state index contributed by atoms with van der Waals surface area (Å²) in [5.74, 6) is 0.900. The molecule has 0 saturated heterocycles. The first-order valence-electron chi connectivity index (χ1n) is 7.05. The molecule has 2 aromatic rings. The number of halogens is 1. The fourth-order valence-corrected chi connectivity index (χ4v) is 2.79. The molecule has 0 spiro atoms. The van der Waals surface area contributed by atoms with Crippen LogP contribution in [0.1, 0.15) is 16.1 Å². The van der Waals surface area contributed by atoms with Crippen molar-refractivity contribution in [2.24, 2.45) is 4.99 Å². The Labute approximate surface area is 153 Å². The molecule has 1 N–H and O–H groups in total. The van der Waals surface area contributed by atoms with E-state index in [0.717, 1.165) is 24.6 Å². The van der Waals surface area contributed by atoms with Gasteiger partial charge in [-0.2, -0.15) is 0 Å². The highest BCUT2D eigenvalue weighted by Crippen LogP contribution is 2.09. The quantitative estimate of drug-likeness (QED) is 0.450. The van der Waals surface area contributed by atoms with Gasteiger partial charge < -0.3 is 10.2 Å². The number of aliphatic imine (C=N–C) groups is 1. The Bertz CT molecular complexity index is 584. The van der Waals surface area contributed by atoms with Gasteiger partial charge in [-0.25, -0.2) is 0 Å². The van der Waals surface area contributed by atoms with Gasteiger partial charge >= 0.3 is 0 Å². The maximum absolute atomic E-state index is 4.40. The Morgan fingerprint density at radius 2 is 2.18 bits per heavy atom. The smallest absolute Gasteiger partial charge is 0.193 e. The third-order valence-electron chi connectivity index (χ3n) is 3.38. The fraction of sp³-hybridized carbons (Fsp3) is 0.375. The summed E-state index contributed by atoms with van der Waals surface area (Å²) in [5, 5.41) is 5.49. The van der Waals surface area contributed by atoms with E-state index >= 15 is 0 Å². The normalized spacial score (nSPS) is 11.0. The van der Waals surface area contributed by atoms with Gasteiger partial charge in [-0.1, -0.05) is 12.1 Å². The van der Waals surface area contributed by atoms with E-state index in [9.17, 15) is 0 Å². The van der Waals surface area contributed by atoms with Crippen LogP contribution in [0.5, 0.6) is 0 Å². The number of aryl methyl sites for hydroxylation is 1. The second-order valence-electron chi connectivity index (χ2n) is 4.92. The van der Waals surface area contributed by atoms with Crippen LogP contribution in [0.25, 0.3) is 0 Å². The number of hydrogen-bond donors (Lipinski definition) is 1. The highest BCUT2D eigenvalue weighted by atomic mass is 127. The van der Waals surface area contributed by atoms with E-state index < -0.39 is 0 Å². The summed E-state index contributed by atoms with van der Waals surface area (Å²) in [6.07, 6.45) is 2.87. The van der Waals surface area contributed by atoms with Crippen molar-refractivity contribution < 1.29 is 0 Å². The molecule has 0 fully saturated rings. The van der Waals surface area contributed by atoms with Crippen LogP contribution in [0.3, 0.4) is 0 Å². The topological polar surface area (TPSA) is 40.5 Å². The van der Waals surface area contributed by atoms with E-state index in [0.29, 0.717) is 6.54 Å². The van der Waals surface area contributed by atoms with Gasteiger partial charge in [-0.05, 0) is 36.4 Å². The maximum Gasteiger partial charge on any atom is 0.193 e. The molecule has 22 heavy (non-hydrogen) atoms. The van der Waals surface area contributed by atoms with Gasteiger partial charge in [0, 0.05) is 31.7 Å². The van der Waals surface area contributed by atoms with Crippen LogP contribution >= 0.6 is 35.3 Å². The summed E-state index contributed by atoms with van der Waals surface area (Å²) in [5.41, 5.74) is 2.26. The van der Waals surface area contributed by atoms with Crippen molar-refractivity contribution in [3.63, 3.8) is 0 Å². The predicted molar refractivity (Wildman–Crippen MR) is 105 cm³/mol. The van der Waals surface area contributed by atoms with E-state index in [1.165, 1.54) is 10.4 Å². The second kappa shape index (κ2) is 9.78. The monoisotopic (exact) mass is 430 g/mol. The van der Waals surface area contributed by atoms with Crippen LogP contribution < -0.4 is 5.32 Å². The summed E-state index contributed by atoms with van der Waals surface area (Å²) >= 11 is 1.80. The number of thiophene rings is 1. The molecular weight excluding hydrogens is 407 g/mol. The average Bonchev–Trinajstić information content (AvgIpc) is 3.01. The molecule has 6 heteroatoms. The van der Waals surface area contributed by atoms with Gasteiger partial charge in [0.25, 0.3) is 0 Å². The number of nitrogens with zero attached hydrogens (tertiary/aromatic N) is 3. The third kappa shape index (κ3) is 5.57. The van der Waals surface area contributed by atoms with Crippen molar-refractivity contribution in [2.75, 3.05) is 20.6 Å². The Kier molecular flexibility index (Phi) is 8.40. The molecule has 2 aromatic heterocycles. The van der Waals surface area contributed by atoms with Crippen LogP contribution in [0.15, 0.2) is 40.8 Å². The zero-order valence-electron chi connectivity index (χ0n) is 13.2. The molecule has 0 saturated carbocycles. The van der Waals surface area contributed by atoms with Crippen LogP contribution in [-0.2, 0) is 13.0 Å². The Balaban J connectivity index is 0.00000242. The van der Waals surface area contributed by atoms with Gasteiger partial charge in [0.1, 0.15) is 0 Å². The Hall–Kier alpha value is -1.15. The van der Waals surface area contributed by atoms with Gasteiger partial charge in [-0.3, -0.25) is 9.98 Å². The van der Waals surface area contributed by atoms with E-state index in [-0.39, 0.29) is 24.0 Å². The van der Waals surface area contributed by atoms with E-state index in [2.05, 4.69) is 57.7 Å². The first kappa shape index (κ1) is 18.9. The molecule has 0 aliphatic heterocycles. The maximum atomic E-state index is 4.40. The van der Waals surface area contributed by atoms with Crippen molar-refractivity contribution >= 4 is 41.3 Å². The lowest BCUT2D eigenvalue weighted by molar-refractivity contribution is 0.485. The summed E-state index contributed by atoms with van der Waals surface area (Å²) in [6.45, 7) is 3.72. The predicted octanol–water partition coefficient (Wildman–Crippen LogP) is 3.32. The minimum Gasteiger partial charge on any atom is -0.351 e. The highest BCUT2D eigenvalue weighted by molar-refractivity contribution is 14.0. The Morgan fingerprint density at radius 1 is 1.36 bits per heavy atom. The minimum atomic E-state index is 0. The van der Waals surface area contributed by atoms with E-state index in [4.69, 9.17) is 0 Å². The van der Waals surface area contributed by atoms with Crippen molar-refractivity contribution in [1.82, 2.24) is 15.2 Å². The number of rotatable bonds is 5. The van der Waals surface area contributed by atoms with Crippen molar-refractivity contribution in [2.45, 2.75) is 19.9 Å². The van der Waals surface area contributed by atoms with Crippen LogP contribution in [0.2, 0.25) is 0 Å². The molecule has 0 unspecified atom stereocenters. The van der Waals surface area contributed by atoms with Crippen molar-refractivity contribution in [3.8, 4) is 0 Å². The lowest BCUT2D eigenvalue weighted by Gasteiger charge is -2.22. The summed E-state index contributed by atoms with van der Waals surface area (Å²) < 4.78 is 0. The number of nitrogens with one attached hydrogen (secondary N) is 1. The molecule has 2 rings (SSSR count). The summed E-state index contributed by atoms with van der Waals surface area (Å²) in [7, 11) is 3.88. The number of guanidine groups is 1. The standard InChI is InChI=1S/C16H22N4S.HI/c1-13-6-4-9-18-15(13)12-19-16(17-2)20(3)10-8-14-7-5-11-21-14;/h4-7,9,11H,8,10,12H2,1-3H3,(H,17,19);1H. The number of pyridine rings is 1. The third-order valence-corrected chi connectivity index (χ3v) is 4.32. The number of hydrogen-bond acceptors (Lipinski definition) is 3. The molecule has 0 aliphatic carbocycles. The molecule has 0 aromatic carbocycles. The molecular formula is C16H23IN4S. The molecule has 2 heterocycles. The molecule has 0 bridgehead atoms. The minimum absolute atomic E-state index is 0. The van der Waals surface area contributed by atoms with Crippen LogP contribution in [-0.4, -0.2) is 36.5 Å². The molecule has 4 nitrogen and oxygen atoms in total. The number of likely N-dealkylation sites (N-methyl/N-ethyl adjacent to an activating group) is 1. The van der Waals surface area contributed by atoms with Gasteiger partial charge in [-0.15, -0.1) is 35.3 Å². The fourth-order valence-electron chi connectivity index (χ4n) is 2.09. The lowest BCUT2D eigenvalue weighted by atomic mass is 10.2. The van der Waals surface area contributed by atoms with Gasteiger partial charge in [0.05, 0.1) is 12.2 Å². The molecule has 0 radical (unpaired) electrons. The van der Waals surface area contributed by atoms with Crippen LogP contribution in [0.4, 0.5) is 0 Å². The zero-order valence-corrected chi connectivity index (χ0v) is 16.4. The molecule has 120 valence electrons. The first-order chi connectivity index (χ1) is 10.2. The van der Waals surface area contributed by atoms with E-state index in [1.807, 2.05) is 19.3 Å². The number of aromatic nitrogens is 1. The largest absolute Gasteiger partial charge is 0.351 e. The van der Waals surface area contributed by atoms with Gasteiger partial charge in [0.15, 0.2) is 5.96 Å². The Morgan fingerprint density at radius 3 is 2.82 bits per heavy atom. The SMILES string of the molecule is CN=C(NCc1ncccc1C)N(C)CCc1cccs1.I. The van der Waals surface area contributed by atoms with Gasteiger partial charge in [0.2, 0.25) is 0 Å². The second-order valence-corrected chi connectivity index (χ2v) is 5.95. The zero-order chi connectivity index (χ0) is 15.1. The van der Waals surface area contributed by atoms with Crippen molar-refractivity contribution in [1.29, 1.82) is 0 Å². The van der Waals surface area contributed by atoms with Crippen LogP contribution in [0, 0.1) is 6.92 Å².